The largest absolute Gasteiger partial charge is 0.425 e. The first-order valence-electron chi connectivity index (χ1n) is 5.74. The fourth-order valence-corrected chi connectivity index (χ4v) is 1.76. The molecule has 17 heavy (non-hydrogen) atoms. The van der Waals surface area contributed by atoms with Crippen LogP contribution in [0.1, 0.15) is 28.8 Å². The molecule has 0 aliphatic heterocycles. The van der Waals surface area contributed by atoms with Crippen LogP contribution in [0.2, 0.25) is 0 Å². The molecule has 1 aromatic heterocycles. The van der Waals surface area contributed by atoms with Gasteiger partial charge in [-0.3, -0.25) is 0 Å². The summed E-state index contributed by atoms with van der Waals surface area (Å²) in [6, 6.07) is 8.42. The van der Waals surface area contributed by atoms with Crippen molar-refractivity contribution in [3.05, 3.63) is 47.2 Å². The van der Waals surface area contributed by atoms with Crippen LogP contribution in [-0.4, -0.2) is 16.7 Å². The molecule has 0 saturated carbocycles. The molecule has 2 rings (SSSR count). The summed E-state index contributed by atoms with van der Waals surface area (Å²) in [7, 11) is 0. The third-order valence-corrected chi connectivity index (χ3v) is 2.78. The predicted molar refractivity (Wildman–Crippen MR) is 65.7 cm³/mol. The van der Waals surface area contributed by atoms with Crippen molar-refractivity contribution in [1.29, 1.82) is 0 Å². The second kappa shape index (κ2) is 5.10. The van der Waals surface area contributed by atoms with E-state index in [9.17, 15) is 0 Å². The SMILES string of the molecule is Cc1ccc(CC(CN)c2nnc(C)o2)cc1. The van der Waals surface area contributed by atoms with Crippen molar-refractivity contribution in [3.63, 3.8) is 0 Å². The van der Waals surface area contributed by atoms with Gasteiger partial charge in [0.25, 0.3) is 0 Å². The van der Waals surface area contributed by atoms with Gasteiger partial charge in [0.05, 0.1) is 5.92 Å². The molecule has 0 radical (unpaired) electrons. The Balaban J connectivity index is 2.12. The molecular weight excluding hydrogens is 214 g/mol. The molecule has 2 N–H and O–H groups in total. The van der Waals surface area contributed by atoms with Gasteiger partial charge in [-0.1, -0.05) is 29.8 Å². The molecule has 2 aromatic rings. The summed E-state index contributed by atoms with van der Waals surface area (Å²) in [6.45, 7) is 4.37. The molecule has 1 unspecified atom stereocenters. The molecule has 0 saturated heterocycles. The molecule has 0 aliphatic carbocycles. The summed E-state index contributed by atoms with van der Waals surface area (Å²) in [6.07, 6.45) is 0.832. The van der Waals surface area contributed by atoms with E-state index in [1.165, 1.54) is 11.1 Å². The van der Waals surface area contributed by atoms with Gasteiger partial charge in [-0.2, -0.15) is 0 Å². The zero-order valence-electron chi connectivity index (χ0n) is 10.2. The van der Waals surface area contributed by atoms with E-state index < -0.39 is 0 Å². The van der Waals surface area contributed by atoms with E-state index in [1.807, 2.05) is 0 Å². The van der Waals surface area contributed by atoms with Crippen molar-refractivity contribution in [2.24, 2.45) is 5.73 Å². The van der Waals surface area contributed by atoms with E-state index in [0.717, 1.165) is 6.42 Å². The quantitative estimate of drug-likeness (QED) is 0.873. The van der Waals surface area contributed by atoms with Crippen LogP contribution in [0.4, 0.5) is 0 Å². The van der Waals surface area contributed by atoms with Crippen LogP contribution in [0.15, 0.2) is 28.7 Å². The summed E-state index contributed by atoms with van der Waals surface area (Å²) in [5.74, 6) is 1.31. The number of benzene rings is 1. The summed E-state index contributed by atoms with van der Waals surface area (Å²) >= 11 is 0. The summed E-state index contributed by atoms with van der Waals surface area (Å²) in [5.41, 5.74) is 8.26. The third-order valence-electron chi connectivity index (χ3n) is 2.78. The monoisotopic (exact) mass is 231 g/mol. The van der Waals surface area contributed by atoms with Crippen LogP contribution in [0.25, 0.3) is 0 Å². The lowest BCUT2D eigenvalue weighted by molar-refractivity contribution is 0.427. The number of rotatable bonds is 4. The zero-order chi connectivity index (χ0) is 12.3. The smallest absolute Gasteiger partial charge is 0.221 e. The fourth-order valence-electron chi connectivity index (χ4n) is 1.76. The molecular formula is C13H17N3O. The number of nitrogens with zero attached hydrogens (tertiary/aromatic N) is 2. The van der Waals surface area contributed by atoms with Gasteiger partial charge in [-0.15, -0.1) is 10.2 Å². The molecule has 90 valence electrons. The molecule has 4 nitrogen and oxygen atoms in total. The van der Waals surface area contributed by atoms with Crippen LogP contribution in [0.3, 0.4) is 0 Å². The van der Waals surface area contributed by atoms with E-state index in [1.54, 1.807) is 6.92 Å². The van der Waals surface area contributed by atoms with Gasteiger partial charge in [0.15, 0.2) is 0 Å². The van der Waals surface area contributed by atoms with Crippen molar-refractivity contribution in [1.82, 2.24) is 10.2 Å². The van der Waals surface area contributed by atoms with Gasteiger partial charge in [0, 0.05) is 13.5 Å². The Kier molecular flexibility index (Phi) is 3.54. The zero-order valence-corrected chi connectivity index (χ0v) is 10.2. The Hall–Kier alpha value is -1.68. The topological polar surface area (TPSA) is 64.9 Å². The summed E-state index contributed by atoms with van der Waals surface area (Å²) in [5, 5.41) is 7.87. The molecule has 0 bridgehead atoms. The van der Waals surface area contributed by atoms with Crippen molar-refractivity contribution in [2.75, 3.05) is 6.54 Å². The third kappa shape index (κ3) is 2.91. The normalized spacial score (nSPS) is 12.6. The number of hydrogen-bond acceptors (Lipinski definition) is 4. The number of nitrogens with two attached hydrogens (primary N) is 1. The summed E-state index contributed by atoms with van der Waals surface area (Å²) in [4.78, 5) is 0. The number of aryl methyl sites for hydroxylation is 2. The van der Waals surface area contributed by atoms with Crippen LogP contribution in [-0.2, 0) is 6.42 Å². The van der Waals surface area contributed by atoms with E-state index in [-0.39, 0.29) is 5.92 Å². The van der Waals surface area contributed by atoms with Crippen LogP contribution in [0, 0.1) is 13.8 Å². The first-order chi connectivity index (χ1) is 8.19. The van der Waals surface area contributed by atoms with E-state index in [0.29, 0.717) is 18.3 Å². The van der Waals surface area contributed by atoms with E-state index >= 15 is 0 Å². The van der Waals surface area contributed by atoms with E-state index in [4.69, 9.17) is 10.2 Å². The molecule has 1 heterocycles. The Labute approximate surface area is 101 Å². The number of aromatic nitrogens is 2. The van der Waals surface area contributed by atoms with Crippen LogP contribution in [0.5, 0.6) is 0 Å². The van der Waals surface area contributed by atoms with Crippen LogP contribution < -0.4 is 5.73 Å². The highest BCUT2D eigenvalue weighted by Gasteiger charge is 2.16. The van der Waals surface area contributed by atoms with Gasteiger partial charge >= 0.3 is 0 Å². The second-order valence-electron chi connectivity index (χ2n) is 4.28. The minimum absolute atomic E-state index is 0.0962. The fraction of sp³-hybridized carbons (Fsp3) is 0.385. The lowest BCUT2D eigenvalue weighted by atomic mass is 9.99. The molecule has 1 atom stereocenters. The highest BCUT2D eigenvalue weighted by atomic mass is 16.4. The minimum atomic E-state index is 0.0962. The van der Waals surface area contributed by atoms with Gasteiger partial charge in [0.1, 0.15) is 0 Å². The maximum Gasteiger partial charge on any atom is 0.221 e. The first kappa shape index (κ1) is 11.8. The molecule has 0 fully saturated rings. The highest BCUT2D eigenvalue weighted by molar-refractivity contribution is 5.22. The molecule has 0 amide bonds. The molecule has 0 aliphatic rings. The minimum Gasteiger partial charge on any atom is -0.425 e. The van der Waals surface area contributed by atoms with Crippen molar-refractivity contribution in [3.8, 4) is 0 Å². The lowest BCUT2D eigenvalue weighted by Crippen LogP contribution is -2.15. The van der Waals surface area contributed by atoms with Gasteiger partial charge < -0.3 is 10.2 Å². The van der Waals surface area contributed by atoms with Crippen molar-refractivity contribution >= 4 is 0 Å². The van der Waals surface area contributed by atoms with Crippen molar-refractivity contribution < 1.29 is 4.42 Å². The number of hydrogen-bond donors (Lipinski definition) is 1. The Morgan fingerprint density at radius 1 is 1.18 bits per heavy atom. The lowest BCUT2D eigenvalue weighted by Gasteiger charge is -2.10. The first-order valence-corrected chi connectivity index (χ1v) is 5.74. The molecule has 1 aromatic carbocycles. The average molecular weight is 231 g/mol. The molecule has 4 heteroatoms. The van der Waals surface area contributed by atoms with Gasteiger partial charge in [-0.05, 0) is 18.9 Å². The highest BCUT2D eigenvalue weighted by Crippen LogP contribution is 2.19. The summed E-state index contributed by atoms with van der Waals surface area (Å²) < 4.78 is 5.43. The maximum atomic E-state index is 5.76. The average Bonchev–Trinajstić information content (AvgIpc) is 2.75. The predicted octanol–water partition coefficient (Wildman–Crippen LogP) is 1.97. The maximum absolute atomic E-state index is 5.76. The van der Waals surface area contributed by atoms with Gasteiger partial charge in [0.2, 0.25) is 11.8 Å². The van der Waals surface area contributed by atoms with Crippen molar-refractivity contribution in [2.45, 2.75) is 26.2 Å². The van der Waals surface area contributed by atoms with E-state index in [2.05, 4.69) is 41.4 Å². The standard InChI is InChI=1S/C13H17N3O/c1-9-3-5-11(6-4-9)7-12(8-14)13-16-15-10(2)17-13/h3-6,12H,7-8,14H2,1-2H3. The Bertz CT molecular complexity index is 476. The molecule has 0 spiro atoms. The van der Waals surface area contributed by atoms with Crippen LogP contribution >= 0.6 is 0 Å². The Morgan fingerprint density at radius 2 is 1.88 bits per heavy atom. The Morgan fingerprint density at radius 3 is 2.41 bits per heavy atom. The second-order valence-corrected chi connectivity index (χ2v) is 4.28. The van der Waals surface area contributed by atoms with Gasteiger partial charge in [-0.25, -0.2) is 0 Å².